The molecule has 3 rings (SSSR count). The van der Waals surface area contributed by atoms with Crippen molar-refractivity contribution in [3.05, 3.63) is 52.0 Å². The number of likely N-dealkylation sites (tertiary alicyclic amines) is 1. The molecule has 5 heteroatoms. The van der Waals surface area contributed by atoms with E-state index in [2.05, 4.69) is 26.9 Å². The normalized spacial score (nSPS) is 17.9. The van der Waals surface area contributed by atoms with E-state index in [1.807, 2.05) is 18.2 Å². The number of halogens is 1. The summed E-state index contributed by atoms with van der Waals surface area (Å²) in [7, 11) is 3.30. The van der Waals surface area contributed by atoms with Gasteiger partial charge in [-0.2, -0.15) is 0 Å². The van der Waals surface area contributed by atoms with Crippen LogP contribution in [0.3, 0.4) is 0 Å². The van der Waals surface area contributed by atoms with E-state index in [0.717, 1.165) is 35.5 Å². The molecule has 4 nitrogen and oxygen atoms in total. The fourth-order valence-electron chi connectivity index (χ4n) is 3.39. The molecule has 1 fully saturated rings. The minimum absolute atomic E-state index is 0.312. The molecule has 1 atom stereocenters. The summed E-state index contributed by atoms with van der Waals surface area (Å²) in [6.45, 7) is 1.92. The van der Waals surface area contributed by atoms with Gasteiger partial charge in [-0.1, -0.05) is 12.1 Å². The maximum atomic E-state index is 9.49. The largest absolute Gasteiger partial charge is 0.508 e. The quantitative estimate of drug-likeness (QED) is 0.813. The molecule has 0 bridgehead atoms. The van der Waals surface area contributed by atoms with Crippen molar-refractivity contribution in [3.8, 4) is 17.2 Å². The molecule has 1 heterocycles. The van der Waals surface area contributed by atoms with E-state index in [4.69, 9.17) is 9.47 Å². The Morgan fingerprint density at radius 3 is 2.58 bits per heavy atom. The lowest BCUT2D eigenvalue weighted by Gasteiger charge is -2.25. The van der Waals surface area contributed by atoms with E-state index in [0.29, 0.717) is 11.8 Å². The minimum atomic E-state index is 0.312. The topological polar surface area (TPSA) is 41.9 Å². The Kier molecular flexibility index (Phi) is 5.31. The smallest absolute Gasteiger partial charge is 0.174 e. The van der Waals surface area contributed by atoms with Crippen LogP contribution in [0.1, 0.15) is 30.0 Å². The zero-order valence-electron chi connectivity index (χ0n) is 14.0. The molecule has 0 radical (unpaired) electrons. The van der Waals surface area contributed by atoms with Gasteiger partial charge in [0.2, 0.25) is 0 Å². The third-order valence-corrected chi connectivity index (χ3v) is 5.11. The van der Waals surface area contributed by atoms with Crippen molar-refractivity contribution in [2.24, 2.45) is 0 Å². The van der Waals surface area contributed by atoms with Crippen LogP contribution >= 0.6 is 15.9 Å². The molecule has 24 heavy (non-hydrogen) atoms. The fraction of sp³-hybridized carbons (Fsp3) is 0.368. The van der Waals surface area contributed by atoms with E-state index < -0.39 is 0 Å². The van der Waals surface area contributed by atoms with Crippen LogP contribution in [0.4, 0.5) is 0 Å². The summed E-state index contributed by atoms with van der Waals surface area (Å²) in [6, 6.07) is 12.1. The van der Waals surface area contributed by atoms with Gasteiger partial charge in [-0.05, 0) is 70.7 Å². The molecule has 0 saturated carbocycles. The van der Waals surface area contributed by atoms with Crippen LogP contribution in [-0.4, -0.2) is 30.8 Å². The molecule has 1 N–H and O–H groups in total. The van der Waals surface area contributed by atoms with Crippen molar-refractivity contribution in [2.75, 3.05) is 20.8 Å². The number of nitrogens with zero attached hydrogens (tertiary/aromatic N) is 1. The highest BCUT2D eigenvalue weighted by molar-refractivity contribution is 9.10. The van der Waals surface area contributed by atoms with Crippen molar-refractivity contribution in [1.29, 1.82) is 0 Å². The summed E-state index contributed by atoms with van der Waals surface area (Å²) in [5, 5.41) is 9.49. The van der Waals surface area contributed by atoms with Gasteiger partial charge in [-0.3, -0.25) is 4.90 Å². The van der Waals surface area contributed by atoms with Gasteiger partial charge < -0.3 is 14.6 Å². The van der Waals surface area contributed by atoms with Crippen molar-refractivity contribution < 1.29 is 14.6 Å². The number of phenols is 1. The monoisotopic (exact) mass is 391 g/mol. The summed E-state index contributed by atoms with van der Waals surface area (Å²) in [5.41, 5.74) is 2.44. The predicted molar refractivity (Wildman–Crippen MR) is 97.7 cm³/mol. The van der Waals surface area contributed by atoms with E-state index >= 15 is 0 Å². The standard InChI is InChI=1S/C19H22BrNO3/c1-23-18-11-13(10-16(20)19(18)24-2)12-21-9-3-4-17(21)14-5-7-15(22)8-6-14/h5-8,10-11,17,22H,3-4,9,12H2,1-2H3. The number of benzene rings is 2. The number of hydrogen-bond donors (Lipinski definition) is 1. The number of methoxy groups -OCH3 is 2. The summed E-state index contributed by atoms with van der Waals surface area (Å²) < 4.78 is 11.7. The van der Waals surface area contributed by atoms with Crippen LogP contribution in [0.2, 0.25) is 0 Å². The summed E-state index contributed by atoms with van der Waals surface area (Å²) in [5.74, 6) is 1.77. The van der Waals surface area contributed by atoms with Crippen LogP contribution in [0.15, 0.2) is 40.9 Å². The Morgan fingerprint density at radius 2 is 1.92 bits per heavy atom. The Labute approximate surface area is 151 Å². The van der Waals surface area contributed by atoms with Crippen molar-refractivity contribution in [1.82, 2.24) is 4.90 Å². The first-order valence-electron chi connectivity index (χ1n) is 8.05. The maximum absolute atomic E-state index is 9.49. The number of phenolic OH excluding ortho intramolecular Hbond substituents is 1. The molecule has 1 aliphatic rings. The number of ether oxygens (including phenoxy) is 2. The van der Waals surface area contributed by atoms with Crippen LogP contribution in [-0.2, 0) is 6.54 Å². The van der Waals surface area contributed by atoms with Gasteiger partial charge >= 0.3 is 0 Å². The molecule has 2 aromatic carbocycles. The second-order valence-corrected chi connectivity index (χ2v) is 6.89. The van der Waals surface area contributed by atoms with E-state index in [-0.39, 0.29) is 0 Å². The van der Waals surface area contributed by atoms with E-state index in [9.17, 15) is 5.11 Å². The van der Waals surface area contributed by atoms with Gasteiger partial charge in [0.25, 0.3) is 0 Å². The fourth-order valence-corrected chi connectivity index (χ4v) is 4.04. The van der Waals surface area contributed by atoms with Crippen LogP contribution in [0, 0.1) is 0 Å². The lowest BCUT2D eigenvalue weighted by molar-refractivity contribution is 0.247. The second-order valence-electron chi connectivity index (χ2n) is 6.03. The van der Waals surface area contributed by atoms with Crippen LogP contribution in [0.5, 0.6) is 17.2 Å². The Hall–Kier alpha value is -1.72. The highest BCUT2D eigenvalue weighted by Gasteiger charge is 2.26. The first-order valence-corrected chi connectivity index (χ1v) is 8.85. The molecule has 1 saturated heterocycles. The Balaban J connectivity index is 1.82. The van der Waals surface area contributed by atoms with E-state index in [1.165, 1.54) is 17.5 Å². The summed E-state index contributed by atoms with van der Waals surface area (Å²) >= 11 is 3.57. The third kappa shape index (κ3) is 3.52. The molecule has 1 unspecified atom stereocenters. The molecule has 0 spiro atoms. The second kappa shape index (κ2) is 7.45. The van der Waals surface area contributed by atoms with Gasteiger partial charge in [0.05, 0.1) is 18.7 Å². The van der Waals surface area contributed by atoms with Crippen LogP contribution in [0.25, 0.3) is 0 Å². The maximum Gasteiger partial charge on any atom is 0.174 e. The number of aromatic hydroxyl groups is 1. The Bertz CT molecular complexity index is 703. The zero-order valence-corrected chi connectivity index (χ0v) is 15.5. The number of rotatable bonds is 5. The summed E-state index contributed by atoms with van der Waals surface area (Å²) in [6.07, 6.45) is 2.32. The SMILES string of the molecule is COc1cc(CN2CCCC2c2ccc(O)cc2)cc(Br)c1OC. The molecular weight excluding hydrogens is 370 g/mol. The lowest BCUT2D eigenvalue weighted by atomic mass is 10.0. The zero-order chi connectivity index (χ0) is 17.1. The highest BCUT2D eigenvalue weighted by Crippen LogP contribution is 2.38. The van der Waals surface area contributed by atoms with Crippen LogP contribution < -0.4 is 9.47 Å². The molecule has 128 valence electrons. The van der Waals surface area contributed by atoms with E-state index in [1.54, 1.807) is 26.4 Å². The Morgan fingerprint density at radius 1 is 1.17 bits per heavy atom. The third-order valence-electron chi connectivity index (χ3n) is 4.52. The van der Waals surface area contributed by atoms with Crippen molar-refractivity contribution in [2.45, 2.75) is 25.4 Å². The number of hydrogen-bond acceptors (Lipinski definition) is 4. The molecule has 0 aromatic heterocycles. The predicted octanol–water partition coefficient (Wildman–Crippen LogP) is 4.51. The van der Waals surface area contributed by atoms with Gasteiger partial charge in [-0.15, -0.1) is 0 Å². The average molecular weight is 392 g/mol. The first kappa shape index (κ1) is 17.1. The van der Waals surface area contributed by atoms with Gasteiger partial charge in [0.15, 0.2) is 11.5 Å². The molecular formula is C19H22BrNO3. The first-order chi connectivity index (χ1) is 11.6. The minimum Gasteiger partial charge on any atom is -0.508 e. The lowest BCUT2D eigenvalue weighted by Crippen LogP contribution is -2.22. The van der Waals surface area contributed by atoms with Gasteiger partial charge in [0.1, 0.15) is 5.75 Å². The highest BCUT2D eigenvalue weighted by atomic mass is 79.9. The van der Waals surface area contributed by atoms with Crippen molar-refractivity contribution >= 4 is 15.9 Å². The van der Waals surface area contributed by atoms with Gasteiger partial charge in [0, 0.05) is 12.6 Å². The molecule has 2 aromatic rings. The average Bonchev–Trinajstić information content (AvgIpc) is 3.03. The summed E-state index contributed by atoms with van der Waals surface area (Å²) in [4.78, 5) is 2.47. The van der Waals surface area contributed by atoms with Gasteiger partial charge in [-0.25, -0.2) is 0 Å². The molecule has 1 aliphatic heterocycles. The molecule has 0 aliphatic carbocycles. The molecule has 0 amide bonds. The van der Waals surface area contributed by atoms with Crippen molar-refractivity contribution in [3.63, 3.8) is 0 Å².